The number of hydrogen-bond donors (Lipinski definition) is 2. The molecule has 2 aromatic rings. The lowest BCUT2D eigenvalue weighted by Crippen LogP contribution is -2.16. The molecule has 0 aliphatic rings. The summed E-state index contributed by atoms with van der Waals surface area (Å²) in [7, 11) is 0. The van der Waals surface area contributed by atoms with Crippen molar-refractivity contribution in [1.29, 1.82) is 0 Å². The molecule has 0 saturated carbocycles. The normalized spacial score (nSPS) is 10.3. The molecule has 7 heteroatoms. The van der Waals surface area contributed by atoms with Crippen LogP contribution >= 0.6 is 0 Å². The minimum atomic E-state index is -0.555. The number of pyridine rings is 1. The van der Waals surface area contributed by atoms with E-state index in [-0.39, 0.29) is 5.56 Å². The third kappa shape index (κ3) is 3.11. The van der Waals surface area contributed by atoms with E-state index in [4.69, 9.17) is 0 Å². The number of aryl methyl sites for hydroxylation is 1. The Bertz CT molecular complexity index is 611. The Labute approximate surface area is 116 Å². The molecule has 0 atom stereocenters. The lowest BCUT2D eigenvalue weighted by atomic mass is 10.2. The van der Waals surface area contributed by atoms with E-state index >= 15 is 0 Å². The molecule has 0 radical (unpaired) electrons. The zero-order chi connectivity index (χ0) is 14.5. The van der Waals surface area contributed by atoms with Gasteiger partial charge in [-0.2, -0.15) is 5.10 Å². The molecule has 0 aliphatic carbocycles. The number of halogens is 1. The number of nitrogens with zero attached hydrogens (tertiary/aromatic N) is 3. The number of aromatic nitrogens is 3. The molecule has 2 N–H and O–H groups in total. The molecule has 2 aromatic heterocycles. The van der Waals surface area contributed by atoms with Crippen LogP contribution in [0.15, 0.2) is 24.7 Å². The summed E-state index contributed by atoms with van der Waals surface area (Å²) in [5, 5.41) is 9.65. The zero-order valence-corrected chi connectivity index (χ0v) is 11.4. The van der Waals surface area contributed by atoms with E-state index in [1.54, 1.807) is 17.1 Å². The van der Waals surface area contributed by atoms with Crippen LogP contribution < -0.4 is 10.6 Å². The van der Waals surface area contributed by atoms with Gasteiger partial charge in [0.25, 0.3) is 5.91 Å². The lowest BCUT2D eigenvalue weighted by Gasteiger charge is -2.09. The maximum absolute atomic E-state index is 13.3. The van der Waals surface area contributed by atoms with Crippen LogP contribution in [0.3, 0.4) is 0 Å². The number of carbonyl (C=O) groups excluding carboxylic acids is 1. The van der Waals surface area contributed by atoms with E-state index in [0.717, 1.165) is 12.3 Å². The molecular weight excluding hydrogens is 261 g/mol. The summed E-state index contributed by atoms with van der Waals surface area (Å²) in [5.74, 6) is -0.626. The van der Waals surface area contributed by atoms with Gasteiger partial charge in [-0.05, 0) is 19.9 Å². The predicted molar refractivity (Wildman–Crippen MR) is 74.2 cm³/mol. The van der Waals surface area contributed by atoms with E-state index in [1.165, 1.54) is 0 Å². The Hall–Kier alpha value is -2.44. The number of amides is 1. The summed E-state index contributed by atoms with van der Waals surface area (Å²) < 4.78 is 14.9. The van der Waals surface area contributed by atoms with Crippen molar-refractivity contribution in [3.63, 3.8) is 0 Å². The number of rotatable bonds is 5. The minimum Gasteiger partial charge on any atom is -0.370 e. The van der Waals surface area contributed by atoms with Gasteiger partial charge in [-0.1, -0.05) is 0 Å². The van der Waals surface area contributed by atoms with Gasteiger partial charge in [0.1, 0.15) is 11.6 Å². The second kappa shape index (κ2) is 6.14. The highest BCUT2D eigenvalue weighted by Gasteiger charge is 2.14. The van der Waals surface area contributed by atoms with Crippen molar-refractivity contribution in [2.45, 2.75) is 20.4 Å². The Balaban J connectivity index is 2.21. The van der Waals surface area contributed by atoms with Gasteiger partial charge in [0.15, 0.2) is 0 Å². The molecule has 0 aliphatic heterocycles. The minimum absolute atomic E-state index is 0.163. The van der Waals surface area contributed by atoms with Crippen LogP contribution in [0.4, 0.5) is 15.9 Å². The molecule has 20 heavy (non-hydrogen) atoms. The van der Waals surface area contributed by atoms with E-state index in [9.17, 15) is 9.18 Å². The molecule has 6 nitrogen and oxygen atoms in total. The molecule has 0 aromatic carbocycles. The fourth-order valence-corrected chi connectivity index (χ4v) is 1.72. The Morgan fingerprint density at radius 2 is 2.20 bits per heavy atom. The van der Waals surface area contributed by atoms with Crippen LogP contribution in [0.5, 0.6) is 0 Å². The average molecular weight is 277 g/mol. The second-order valence-electron chi connectivity index (χ2n) is 4.12. The monoisotopic (exact) mass is 277 g/mol. The van der Waals surface area contributed by atoms with Gasteiger partial charge in [0.2, 0.25) is 0 Å². The number of anilines is 2. The maximum Gasteiger partial charge on any atom is 0.259 e. The molecule has 2 rings (SSSR count). The molecule has 0 fully saturated rings. The van der Waals surface area contributed by atoms with Gasteiger partial charge in [0, 0.05) is 19.3 Å². The van der Waals surface area contributed by atoms with Gasteiger partial charge in [0.05, 0.1) is 23.6 Å². The van der Waals surface area contributed by atoms with Crippen LogP contribution in [0.1, 0.15) is 24.2 Å². The molecule has 1 amide bonds. The molecule has 2 heterocycles. The van der Waals surface area contributed by atoms with Crippen molar-refractivity contribution in [3.8, 4) is 0 Å². The largest absolute Gasteiger partial charge is 0.370 e. The van der Waals surface area contributed by atoms with Crippen molar-refractivity contribution in [1.82, 2.24) is 14.8 Å². The fraction of sp³-hybridized carbons (Fsp3) is 0.308. The molecule has 0 bridgehead atoms. The van der Waals surface area contributed by atoms with Crippen molar-refractivity contribution in [2.24, 2.45) is 0 Å². The predicted octanol–water partition coefficient (Wildman–Crippen LogP) is 2.12. The molecule has 0 spiro atoms. The van der Waals surface area contributed by atoms with Crippen LogP contribution in [0.25, 0.3) is 0 Å². The first-order chi connectivity index (χ1) is 9.63. The van der Waals surface area contributed by atoms with Gasteiger partial charge in [-0.15, -0.1) is 0 Å². The van der Waals surface area contributed by atoms with Crippen LogP contribution in [-0.2, 0) is 6.54 Å². The lowest BCUT2D eigenvalue weighted by molar-refractivity contribution is 0.102. The SMILES string of the molecule is CCNc1ncc(F)cc1C(=O)Nc1cnn(CC)c1. The summed E-state index contributed by atoms with van der Waals surface area (Å²) >= 11 is 0. The quantitative estimate of drug-likeness (QED) is 0.878. The van der Waals surface area contributed by atoms with E-state index in [2.05, 4.69) is 20.7 Å². The molecule has 106 valence electrons. The van der Waals surface area contributed by atoms with Crippen LogP contribution in [-0.4, -0.2) is 27.2 Å². The second-order valence-corrected chi connectivity index (χ2v) is 4.12. The summed E-state index contributed by atoms with van der Waals surface area (Å²) in [6.07, 6.45) is 4.32. The Morgan fingerprint density at radius 3 is 2.85 bits per heavy atom. The zero-order valence-electron chi connectivity index (χ0n) is 11.4. The number of nitrogens with one attached hydrogen (secondary N) is 2. The highest BCUT2D eigenvalue weighted by Crippen LogP contribution is 2.16. The topological polar surface area (TPSA) is 71.8 Å². The highest BCUT2D eigenvalue weighted by molar-refractivity contribution is 6.07. The highest BCUT2D eigenvalue weighted by atomic mass is 19.1. The third-order valence-corrected chi connectivity index (χ3v) is 2.66. The van der Waals surface area contributed by atoms with Crippen LogP contribution in [0.2, 0.25) is 0 Å². The number of hydrogen-bond acceptors (Lipinski definition) is 4. The summed E-state index contributed by atoms with van der Waals surface area (Å²) in [6.45, 7) is 5.11. The molecular formula is C13H16FN5O. The summed E-state index contributed by atoms with van der Waals surface area (Å²) in [5.41, 5.74) is 0.722. The van der Waals surface area contributed by atoms with E-state index in [1.807, 2.05) is 13.8 Å². The van der Waals surface area contributed by atoms with Gasteiger partial charge in [-0.25, -0.2) is 9.37 Å². The summed E-state index contributed by atoms with van der Waals surface area (Å²) in [4.78, 5) is 16.0. The smallest absolute Gasteiger partial charge is 0.259 e. The van der Waals surface area contributed by atoms with E-state index < -0.39 is 11.7 Å². The Kier molecular flexibility index (Phi) is 4.29. The summed E-state index contributed by atoms with van der Waals surface area (Å²) in [6, 6.07) is 1.16. The fourth-order valence-electron chi connectivity index (χ4n) is 1.72. The molecule has 0 unspecified atom stereocenters. The standard InChI is InChI=1S/C13H16FN5O/c1-3-15-12-11(5-9(14)6-16-12)13(20)18-10-7-17-19(4-2)8-10/h5-8H,3-4H2,1-2H3,(H,15,16)(H,18,20). The molecule has 0 saturated heterocycles. The van der Waals surface area contributed by atoms with Crippen molar-refractivity contribution < 1.29 is 9.18 Å². The first-order valence-electron chi connectivity index (χ1n) is 6.37. The van der Waals surface area contributed by atoms with Crippen molar-refractivity contribution in [2.75, 3.05) is 17.2 Å². The number of carbonyl (C=O) groups is 1. The maximum atomic E-state index is 13.3. The first-order valence-corrected chi connectivity index (χ1v) is 6.37. The van der Waals surface area contributed by atoms with Crippen molar-refractivity contribution in [3.05, 3.63) is 36.0 Å². The third-order valence-electron chi connectivity index (χ3n) is 2.66. The van der Waals surface area contributed by atoms with Crippen LogP contribution in [0, 0.1) is 5.82 Å². The van der Waals surface area contributed by atoms with Crippen molar-refractivity contribution >= 4 is 17.4 Å². The van der Waals surface area contributed by atoms with Gasteiger partial charge in [-0.3, -0.25) is 9.48 Å². The van der Waals surface area contributed by atoms with E-state index in [0.29, 0.717) is 24.6 Å². The first kappa shape index (κ1) is 14.0. The Morgan fingerprint density at radius 1 is 1.40 bits per heavy atom. The average Bonchev–Trinajstić information content (AvgIpc) is 2.88. The van der Waals surface area contributed by atoms with Gasteiger partial charge < -0.3 is 10.6 Å². The van der Waals surface area contributed by atoms with Gasteiger partial charge >= 0.3 is 0 Å².